The third-order valence-corrected chi connectivity index (χ3v) is 5.87. The van der Waals surface area contributed by atoms with E-state index >= 15 is 0 Å². The van der Waals surface area contributed by atoms with Crippen molar-refractivity contribution in [2.75, 3.05) is 19.0 Å². The van der Waals surface area contributed by atoms with E-state index in [0.29, 0.717) is 23.4 Å². The number of carbonyl (C=O) groups is 1. The molecular weight excluding hydrogens is 396 g/mol. The van der Waals surface area contributed by atoms with E-state index in [-0.39, 0.29) is 24.2 Å². The molecule has 4 rings (SSSR count). The van der Waals surface area contributed by atoms with E-state index < -0.39 is 18.4 Å². The minimum absolute atomic E-state index is 0.0864. The molecule has 0 bridgehead atoms. The van der Waals surface area contributed by atoms with Gasteiger partial charge in [0, 0.05) is 26.4 Å². The molecule has 9 nitrogen and oxygen atoms in total. The van der Waals surface area contributed by atoms with E-state index in [0.717, 1.165) is 5.56 Å². The van der Waals surface area contributed by atoms with E-state index in [4.69, 9.17) is 10.5 Å². The number of nitrogens with zero attached hydrogens (tertiary/aromatic N) is 5. The minimum atomic E-state index is -0.891. The van der Waals surface area contributed by atoms with Crippen LogP contribution in [-0.2, 0) is 16.0 Å². The molecule has 0 aliphatic carbocycles. The Morgan fingerprint density at radius 3 is 2.71 bits per heavy atom. The van der Waals surface area contributed by atoms with Gasteiger partial charge in [-0.1, -0.05) is 30.3 Å². The number of aromatic nitrogens is 4. The first-order valence-corrected chi connectivity index (χ1v) is 10.4. The third-order valence-electron chi connectivity index (χ3n) is 5.87. The first kappa shape index (κ1) is 21.4. The number of ether oxygens (including phenoxy) is 1. The van der Waals surface area contributed by atoms with Gasteiger partial charge in [0.1, 0.15) is 18.2 Å². The van der Waals surface area contributed by atoms with Crippen molar-refractivity contribution in [3.8, 4) is 0 Å². The fourth-order valence-corrected chi connectivity index (χ4v) is 4.13. The van der Waals surface area contributed by atoms with E-state index in [1.165, 1.54) is 6.33 Å². The molecule has 9 heteroatoms. The standard InChI is InChI=1S/C22H28N6O3/c1-13-15(10-17(29)16(23)9-14-7-5-4-6-8-14)19(30)22(31-13)28-12-26-18-20(27(2)3)24-11-25-21(18)28/h4-8,11-13,15-16,19,22,30H,9-10,23H2,1-3H3/t13-,15+,16+,19?,22-/m1/s1. The monoisotopic (exact) mass is 424 g/mol. The van der Waals surface area contributed by atoms with Gasteiger partial charge in [0.25, 0.3) is 0 Å². The Kier molecular flexibility index (Phi) is 5.99. The fourth-order valence-electron chi connectivity index (χ4n) is 4.13. The predicted molar refractivity (Wildman–Crippen MR) is 116 cm³/mol. The maximum Gasteiger partial charge on any atom is 0.167 e. The topological polar surface area (TPSA) is 119 Å². The highest BCUT2D eigenvalue weighted by atomic mass is 16.5. The van der Waals surface area contributed by atoms with Crippen LogP contribution in [0.1, 0.15) is 25.1 Å². The molecule has 31 heavy (non-hydrogen) atoms. The van der Waals surface area contributed by atoms with Crippen LogP contribution in [0.5, 0.6) is 0 Å². The summed E-state index contributed by atoms with van der Waals surface area (Å²) in [6, 6.07) is 9.06. The second-order valence-electron chi connectivity index (χ2n) is 8.27. The highest BCUT2D eigenvalue weighted by Gasteiger charge is 2.44. The molecule has 1 unspecified atom stereocenters. The summed E-state index contributed by atoms with van der Waals surface area (Å²) in [5.41, 5.74) is 8.37. The van der Waals surface area contributed by atoms with Crippen molar-refractivity contribution in [3.63, 3.8) is 0 Å². The zero-order chi connectivity index (χ0) is 22.1. The number of rotatable bonds is 7. The summed E-state index contributed by atoms with van der Waals surface area (Å²) < 4.78 is 7.75. The second kappa shape index (κ2) is 8.70. The molecule has 2 aromatic heterocycles. The van der Waals surface area contributed by atoms with Gasteiger partial charge in [-0.3, -0.25) is 9.36 Å². The molecule has 1 fully saturated rings. The molecule has 0 spiro atoms. The molecule has 0 saturated carbocycles. The Bertz CT molecular complexity index is 1050. The number of carbonyl (C=O) groups excluding carboxylic acids is 1. The molecule has 3 heterocycles. The maximum absolute atomic E-state index is 12.8. The van der Waals surface area contributed by atoms with Gasteiger partial charge >= 0.3 is 0 Å². The predicted octanol–water partition coefficient (Wildman–Crippen LogP) is 1.32. The zero-order valence-corrected chi connectivity index (χ0v) is 17.9. The quantitative estimate of drug-likeness (QED) is 0.583. The smallest absolute Gasteiger partial charge is 0.167 e. The first-order chi connectivity index (χ1) is 14.9. The summed E-state index contributed by atoms with van der Waals surface area (Å²) in [7, 11) is 3.76. The van der Waals surface area contributed by atoms with Crippen molar-refractivity contribution in [2.45, 2.75) is 44.2 Å². The number of benzene rings is 1. The van der Waals surface area contributed by atoms with Crippen LogP contribution < -0.4 is 10.6 Å². The number of nitrogens with two attached hydrogens (primary N) is 1. The number of fused-ring (bicyclic) bond motifs is 1. The second-order valence-corrected chi connectivity index (χ2v) is 8.27. The summed E-state index contributed by atoms with van der Waals surface area (Å²) in [6.07, 6.45) is 1.78. The lowest BCUT2D eigenvalue weighted by Gasteiger charge is -2.20. The number of hydrogen-bond donors (Lipinski definition) is 2. The molecule has 1 aliphatic heterocycles. The number of aliphatic hydroxyl groups excluding tert-OH is 1. The van der Waals surface area contributed by atoms with Crippen LogP contribution >= 0.6 is 0 Å². The van der Waals surface area contributed by atoms with Gasteiger partial charge in [0.05, 0.1) is 18.5 Å². The maximum atomic E-state index is 12.8. The highest BCUT2D eigenvalue weighted by Crippen LogP contribution is 2.37. The zero-order valence-electron chi connectivity index (χ0n) is 17.9. The Hall–Kier alpha value is -2.88. The lowest BCUT2D eigenvalue weighted by molar-refractivity contribution is -0.122. The summed E-state index contributed by atoms with van der Waals surface area (Å²) in [5, 5.41) is 11.0. The summed E-state index contributed by atoms with van der Waals surface area (Å²) in [4.78, 5) is 27.7. The van der Waals surface area contributed by atoms with Gasteiger partial charge < -0.3 is 20.5 Å². The normalized spacial score (nSPS) is 24.4. The Labute approximate surface area is 180 Å². The van der Waals surface area contributed by atoms with Crippen LogP contribution in [0.4, 0.5) is 5.82 Å². The molecule has 0 radical (unpaired) electrons. The molecule has 5 atom stereocenters. The molecule has 0 amide bonds. The number of anilines is 1. The third kappa shape index (κ3) is 4.16. The van der Waals surface area contributed by atoms with Crippen molar-refractivity contribution in [3.05, 3.63) is 48.5 Å². The average molecular weight is 425 g/mol. The van der Waals surface area contributed by atoms with E-state index in [9.17, 15) is 9.90 Å². The molecule has 164 valence electrons. The minimum Gasteiger partial charge on any atom is -0.388 e. The number of aliphatic hydroxyl groups is 1. The summed E-state index contributed by atoms with van der Waals surface area (Å²) in [6.45, 7) is 1.86. The van der Waals surface area contributed by atoms with Crippen molar-refractivity contribution >= 4 is 22.8 Å². The SMILES string of the molecule is C[C@H]1O[C@@H](n2cnc3c(N(C)C)ncnc32)C(O)[C@H]1CC(=O)[C@@H](N)Cc1ccccc1. The van der Waals surface area contributed by atoms with Crippen molar-refractivity contribution < 1.29 is 14.6 Å². The highest BCUT2D eigenvalue weighted by molar-refractivity contribution is 5.84. The van der Waals surface area contributed by atoms with Crippen LogP contribution in [0.3, 0.4) is 0 Å². The van der Waals surface area contributed by atoms with Gasteiger partial charge in [-0.15, -0.1) is 0 Å². The Morgan fingerprint density at radius 1 is 1.26 bits per heavy atom. The van der Waals surface area contributed by atoms with Crippen molar-refractivity contribution in [1.82, 2.24) is 19.5 Å². The van der Waals surface area contributed by atoms with Crippen LogP contribution in [0.15, 0.2) is 43.0 Å². The van der Waals surface area contributed by atoms with Crippen LogP contribution in [0.2, 0.25) is 0 Å². The lowest BCUT2D eigenvalue weighted by atomic mass is 9.89. The summed E-state index contributed by atoms with van der Waals surface area (Å²) >= 11 is 0. The van der Waals surface area contributed by atoms with E-state index in [2.05, 4.69) is 15.0 Å². The largest absolute Gasteiger partial charge is 0.388 e. The van der Waals surface area contributed by atoms with Crippen molar-refractivity contribution in [1.29, 1.82) is 0 Å². The number of Topliss-reactive ketones (excluding diaryl/α,β-unsaturated/α-hetero) is 1. The van der Waals surface area contributed by atoms with Crippen molar-refractivity contribution in [2.24, 2.45) is 11.7 Å². The molecule has 1 aliphatic rings. The van der Waals surface area contributed by atoms with Gasteiger partial charge in [0.15, 0.2) is 23.2 Å². The average Bonchev–Trinajstić information content (AvgIpc) is 3.30. The van der Waals surface area contributed by atoms with E-state index in [1.54, 1.807) is 10.9 Å². The van der Waals surface area contributed by atoms with Gasteiger partial charge in [-0.05, 0) is 18.9 Å². The van der Waals surface area contributed by atoms with Crippen LogP contribution in [0, 0.1) is 5.92 Å². The molecule has 1 saturated heterocycles. The summed E-state index contributed by atoms with van der Waals surface area (Å²) in [5.74, 6) is 0.228. The number of ketones is 1. The van der Waals surface area contributed by atoms with E-state index in [1.807, 2.05) is 56.3 Å². The van der Waals surface area contributed by atoms with Crippen LogP contribution in [-0.4, -0.2) is 62.8 Å². The Morgan fingerprint density at radius 2 is 2.00 bits per heavy atom. The van der Waals surface area contributed by atoms with Gasteiger partial charge in [0.2, 0.25) is 0 Å². The molecule has 3 N–H and O–H groups in total. The Balaban J connectivity index is 1.50. The first-order valence-electron chi connectivity index (χ1n) is 10.4. The van der Waals surface area contributed by atoms with Gasteiger partial charge in [-0.2, -0.15) is 0 Å². The number of hydrogen-bond acceptors (Lipinski definition) is 8. The number of imidazole rings is 1. The molecule has 1 aromatic carbocycles. The van der Waals surface area contributed by atoms with Crippen LogP contribution in [0.25, 0.3) is 11.2 Å². The lowest BCUT2D eigenvalue weighted by Crippen LogP contribution is -2.37. The molecule has 3 aromatic rings. The van der Waals surface area contributed by atoms with Gasteiger partial charge in [-0.25, -0.2) is 15.0 Å². The fraction of sp³-hybridized carbons (Fsp3) is 0.455. The molecular formula is C22H28N6O3.